The van der Waals surface area contributed by atoms with Gasteiger partial charge in [0.15, 0.2) is 0 Å². The number of amides is 1. The number of halogens is 2. The number of carbonyl (C=O) groups excluding carboxylic acids is 1. The second kappa shape index (κ2) is 6.46. The van der Waals surface area contributed by atoms with Crippen LogP contribution in [-0.4, -0.2) is 37.0 Å². The van der Waals surface area contributed by atoms with Crippen LogP contribution in [0.5, 0.6) is 0 Å². The van der Waals surface area contributed by atoms with Gasteiger partial charge in [0.25, 0.3) is 0 Å². The van der Waals surface area contributed by atoms with Gasteiger partial charge in [-0.2, -0.15) is 0 Å². The third-order valence-electron chi connectivity index (χ3n) is 4.42. The predicted molar refractivity (Wildman–Crippen MR) is 86.4 cm³/mol. The quantitative estimate of drug-likeness (QED) is 0.880. The molecule has 3 nitrogen and oxygen atoms in total. The first-order valence-corrected chi connectivity index (χ1v) is 7.78. The van der Waals surface area contributed by atoms with Crippen molar-refractivity contribution in [1.82, 2.24) is 10.2 Å². The summed E-state index contributed by atoms with van der Waals surface area (Å²) in [7, 11) is 0. The van der Waals surface area contributed by atoms with Crippen molar-refractivity contribution in [1.29, 1.82) is 0 Å². The van der Waals surface area contributed by atoms with Crippen LogP contribution in [0.2, 0.25) is 0 Å². The van der Waals surface area contributed by atoms with Gasteiger partial charge >= 0.3 is 0 Å². The van der Waals surface area contributed by atoms with E-state index in [2.05, 4.69) is 33.4 Å². The zero-order chi connectivity index (χ0) is 13.3. The number of rotatable bonds is 2. The smallest absolute Gasteiger partial charge is 0.233 e. The van der Waals surface area contributed by atoms with E-state index in [-0.39, 0.29) is 17.8 Å². The lowest BCUT2D eigenvalue weighted by atomic mass is 9.63. The molecule has 1 saturated heterocycles. The summed E-state index contributed by atoms with van der Waals surface area (Å²) in [6.07, 6.45) is 3.16. The molecule has 0 spiro atoms. The standard InChI is InChI=1S/C15H19BrN2O.ClH/c16-13-4-2-12(3-5-13)15(6-1-7-15)14(19)18-10-8-17-9-11-18;/h2-5,17H,1,6-11H2;1H. The molecule has 1 amide bonds. The summed E-state index contributed by atoms with van der Waals surface area (Å²) in [5, 5.41) is 3.30. The number of benzene rings is 1. The summed E-state index contributed by atoms with van der Waals surface area (Å²) in [6.45, 7) is 3.53. The van der Waals surface area contributed by atoms with Crippen LogP contribution < -0.4 is 5.32 Å². The van der Waals surface area contributed by atoms with Crippen LogP contribution in [0.25, 0.3) is 0 Å². The van der Waals surface area contributed by atoms with Crippen LogP contribution in [0.3, 0.4) is 0 Å². The minimum Gasteiger partial charge on any atom is -0.339 e. The van der Waals surface area contributed by atoms with Gasteiger partial charge in [0.2, 0.25) is 5.91 Å². The molecule has 1 heterocycles. The minimum absolute atomic E-state index is 0. The zero-order valence-corrected chi connectivity index (χ0v) is 13.8. The number of hydrogen-bond donors (Lipinski definition) is 1. The topological polar surface area (TPSA) is 32.3 Å². The first-order chi connectivity index (χ1) is 9.22. The summed E-state index contributed by atoms with van der Waals surface area (Å²) in [6, 6.07) is 8.29. The normalized spacial score (nSPS) is 20.8. The molecule has 0 radical (unpaired) electrons. The third kappa shape index (κ3) is 2.74. The first kappa shape index (κ1) is 15.8. The molecule has 110 valence electrons. The Kier molecular flexibility index (Phi) is 5.10. The van der Waals surface area contributed by atoms with Crippen molar-refractivity contribution in [3.63, 3.8) is 0 Å². The Balaban J connectivity index is 0.00000147. The summed E-state index contributed by atoms with van der Waals surface area (Å²) < 4.78 is 1.07. The molecule has 0 unspecified atom stereocenters. The van der Waals surface area contributed by atoms with E-state index >= 15 is 0 Å². The molecule has 1 aromatic rings. The van der Waals surface area contributed by atoms with Gasteiger partial charge in [-0.1, -0.05) is 34.5 Å². The average Bonchev–Trinajstić information content (AvgIpc) is 2.40. The van der Waals surface area contributed by atoms with Gasteiger partial charge in [0.05, 0.1) is 5.41 Å². The summed E-state index contributed by atoms with van der Waals surface area (Å²) in [5.41, 5.74) is 0.948. The van der Waals surface area contributed by atoms with Gasteiger partial charge in [-0.15, -0.1) is 12.4 Å². The molecule has 3 rings (SSSR count). The molecule has 1 aromatic carbocycles. The van der Waals surface area contributed by atoms with Gasteiger partial charge < -0.3 is 10.2 Å². The molecular weight excluding hydrogens is 340 g/mol. The highest BCUT2D eigenvalue weighted by molar-refractivity contribution is 9.10. The van der Waals surface area contributed by atoms with E-state index in [4.69, 9.17) is 0 Å². The van der Waals surface area contributed by atoms with Crippen molar-refractivity contribution < 1.29 is 4.79 Å². The fourth-order valence-corrected chi connectivity index (χ4v) is 3.36. The lowest BCUT2D eigenvalue weighted by Crippen LogP contribution is -2.56. The van der Waals surface area contributed by atoms with E-state index in [0.29, 0.717) is 5.91 Å². The van der Waals surface area contributed by atoms with Crippen LogP contribution in [-0.2, 0) is 10.2 Å². The van der Waals surface area contributed by atoms with Crippen LogP contribution in [0.15, 0.2) is 28.7 Å². The number of hydrogen-bond acceptors (Lipinski definition) is 2. The number of nitrogens with zero attached hydrogens (tertiary/aromatic N) is 1. The molecule has 0 aromatic heterocycles. The molecule has 5 heteroatoms. The highest BCUT2D eigenvalue weighted by atomic mass is 79.9. The van der Waals surface area contributed by atoms with Crippen molar-refractivity contribution in [2.24, 2.45) is 0 Å². The van der Waals surface area contributed by atoms with Gasteiger partial charge in [0, 0.05) is 30.7 Å². The summed E-state index contributed by atoms with van der Waals surface area (Å²) >= 11 is 3.46. The monoisotopic (exact) mass is 358 g/mol. The van der Waals surface area contributed by atoms with Crippen molar-refractivity contribution >= 4 is 34.2 Å². The maximum Gasteiger partial charge on any atom is 0.233 e. The Morgan fingerprint density at radius 3 is 2.25 bits per heavy atom. The lowest BCUT2D eigenvalue weighted by molar-refractivity contribution is -0.141. The van der Waals surface area contributed by atoms with Crippen molar-refractivity contribution in [2.75, 3.05) is 26.2 Å². The molecule has 20 heavy (non-hydrogen) atoms. The van der Waals surface area contributed by atoms with Crippen LogP contribution in [0.1, 0.15) is 24.8 Å². The van der Waals surface area contributed by atoms with Gasteiger partial charge in [0.1, 0.15) is 0 Å². The molecule has 0 atom stereocenters. The van der Waals surface area contributed by atoms with E-state index in [0.717, 1.165) is 49.9 Å². The molecule has 0 bridgehead atoms. The highest BCUT2D eigenvalue weighted by Gasteiger charge is 2.47. The van der Waals surface area contributed by atoms with E-state index in [9.17, 15) is 4.79 Å². The van der Waals surface area contributed by atoms with Gasteiger partial charge in [-0.25, -0.2) is 0 Å². The van der Waals surface area contributed by atoms with Crippen molar-refractivity contribution in [3.05, 3.63) is 34.3 Å². The molecule has 1 aliphatic heterocycles. The van der Waals surface area contributed by atoms with Gasteiger partial charge in [-0.05, 0) is 30.5 Å². The second-order valence-electron chi connectivity index (χ2n) is 5.48. The van der Waals surface area contributed by atoms with E-state index in [1.54, 1.807) is 0 Å². The SMILES string of the molecule is Cl.O=C(N1CCNCC1)C1(c2ccc(Br)cc2)CCC1. The molecule has 1 saturated carbocycles. The number of piperazine rings is 1. The Hall–Kier alpha value is -0.580. The molecule has 2 aliphatic rings. The van der Waals surface area contributed by atoms with Crippen molar-refractivity contribution in [3.8, 4) is 0 Å². The second-order valence-corrected chi connectivity index (χ2v) is 6.40. The van der Waals surface area contributed by atoms with Gasteiger partial charge in [-0.3, -0.25) is 4.79 Å². The Bertz CT molecular complexity index is 467. The average molecular weight is 360 g/mol. The summed E-state index contributed by atoms with van der Waals surface area (Å²) in [4.78, 5) is 14.9. The number of nitrogens with one attached hydrogen (secondary N) is 1. The van der Waals surface area contributed by atoms with E-state index in [1.807, 2.05) is 17.0 Å². The maximum absolute atomic E-state index is 12.9. The zero-order valence-electron chi connectivity index (χ0n) is 11.4. The fraction of sp³-hybridized carbons (Fsp3) is 0.533. The van der Waals surface area contributed by atoms with Crippen LogP contribution in [0, 0.1) is 0 Å². The summed E-state index contributed by atoms with van der Waals surface area (Å²) in [5.74, 6) is 0.336. The maximum atomic E-state index is 12.9. The highest BCUT2D eigenvalue weighted by Crippen LogP contribution is 2.45. The van der Waals surface area contributed by atoms with Crippen LogP contribution in [0.4, 0.5) is 0 Å². The molecule has 2 fully saturated rings. The van der Waals surface area contributed by atoms with Crippen molar-refractivity contribution in [2.45, 2.75) is 24.7 Å². The molecule has 1 aliphatic carbocycles. The lowest BCUT2D eigenvalue weighted by Gasteiger charge is -2.45. The molecule has 1 N–H and O–H groups in total. The third-order valence-corrected chi connectivity index (χ3v) is 4.95. The Labute approximate surface area is 134 Å². The van der Waals surface area contributed by atoms with Crippen LogP contribution >= 0.6 is 28.3 Å². The first-order valence-electron chi connectivity index (χ1n) is 6.98. The minimum atomic E-state index is -0.238. The predicted octanol–water partition coefficient (Wildman–Crippen LogP) is 2.72. The molecular formula is C15H20BrClN2O. The van der Waals surface area contributed by atoms with E-state index < -0.39 is 0 Å². The largest absolute Gasteiger partial charge is 0.339 e. The fourth-order valence-electron chi connectivity index (χ4n) is 3.10. The Morgan fingerprint density at radius 1 is 1.15 bits per heavy atom. The number of carbonyl (C=O) groups is 1. The Morgan fingerprint density at radius 2 is 1.75 bits per heavy atom. The van der Waals surface area contributed by atoms with E-state index in [1.165, 1.54) is 5.56 Å².